The van der Waals surface area contributed by atoms with Crippen LogP contribution in [0, 0.1) is 75.8 Å². The van der Waals surface area contributed by atoms with Crippen molar-refractivity contribution in [1.29, 1.82) is 5.41 Å². The van der Waals surface area contributed by atoms with Crippen molar-refractivity contribution in [2.45, 2.75) is 492 Å². The molecule has 6 nitrogen and oxygen atoms in total. The Hall–Kier alpha value is -2.77. The van der Waals surface area contributed by atoms with Gasteiger partial charge in [-0.05, 0) is 249 Å². The Morgan fingerprint density at radius 1 is 0.359 bits per heavy atom. The second-order valence-corrected chi connectivity index (χ2v) is 48.9. The average molecular weight is 1650 g/mol. The van der Waals surface area contributed by atoms with Crippen LogP contribution in [0.1, 0.15) is 486 Å². The van der Waals surface area contributed by atoms with E-state index in [4.69, 9.17) is 11.1 Å². The van der Waals surface area contributed by atoms with Gasteiger partial charge in [-0.2, -0.15) is 0 Å². The summed E-state index contributed by atoms with van der Waals surface area (Å²) in [5.41, 5.74) is 14.1. The second kappa shape index (κ2) is 79.2. The summed E-state index contributed by atoms with van der Waals surface area (Å²) in [5, 5.41) is 16.7. The van der Waals surface area contributed by atoms with Gasteiger partial charge in [0.1, 0.15) is 0 Å². The summed E-state index contributed by atoms with van der Waals surface area (Å²) in [6.45, 7) is 116. The van der Waals surface area contributed by atoms with Crippen LogP contribution in [0.4, 0.5) is 0 Å². The lowest BCUT2D eigenvalue weighted by Crippen LogP contribution is -2.13. The monoisotopic (exact) mass is 1650 g/mol. The predicted molar refractivity (Wildman–Crippen MR) is 557 cm³/mol. The predicted octanol–water partition coefficient (Wildman–Crippen LogP) is 36.7. The third-order valence-corrected chi connectivity index (χ3v) is 16.0. The van der Waals surface area contributed by atoms with E-state index in [1.54, 1.807) is 0 Å². The van der Waals surface area contributed by atoms with Crippen LogP contribution in [-0.2, 0) is 0 Å². The van der Waals surface area contributed by atoms with Crippen LogP contribution in [0.2, 0.25) is 0 Å². The molecule has 0 saturated heterocycles. The molecule has 0 amide bonds. The van der Waals surface area contributed by atoms with Crippen molar-refractivity contribution in [3.05, 3.63) is 97.3 Å². The van der Waals surface area contributed by atoms with Gasteiger partial charge in [0.2, 0.25) is 0 Å². The number of rotatable bonds is 31. The summed E-state index contributed by atoms with van der Waals surface area (Å²) >= 11 is 0. The van der Waals surface area contributed by atoms with Gasteiger partial charge < -0.3 is 32.0 Å². The van der Waals surface area contributed by atoms with Gasteiger partial charge in [-0.3, -0.25) is 0 Å². The molecule has 0 rings (SSSR count). The molecule has 0 saturated carbocycles. The maximum atomic E-state index is 7.25. The first-order valence-electron chi connectivity index (χ1n) is 47.5. The minimum absolute atomic E-state index is 0.184. The van der Waals surface area contributed by atoms with E-state index in [2.05, 4.69) is 413 Å². The van der Waals surface area contributed by atoms with Gasteiger partial charge in [-0.1, -0.05) is 440 Å². The number of allylic oxidation sites excluding steroid dienone is 12. The molecule has 0 fully saturated rings. The number of hydrogen-bond donors (Lipinski definition) is 5. The van der Waals surface area contributed by atoms with E-state index in [1.165, 1.54) is 153 Å². The lowest BCUT2D eigenvalue weighted by Gasteiger charge is -2.18. The molecule has 1 unspecified atom stereocenters. The summed E-state index contributed by atoms with van der Waals surface area (Å²) in [7, 11) is 8.29. The molecule has 0 aromatic rings. The molecule has 6 N–H and O–H groups in total. The third-order valence-electron chi connectivity index (χ3n) is 16.0. The number of nitrogens with one attached hydrogen (secondary N) is 4. The smallest absolute Gasteiger partial charge is 0.0327 e. The van der Waals surface area contributed by atoms with Crippen molar-refractivity contribution < 1.29 is 0 Å². The zero-order chi connectivity index (χ0) is 95.5. The molecule has 0 heterocycles. The van der Waals surface area contributed by atoms with Crippen molar-refractivity contribution in [2.75, 3.05) is 54.4 Å². The first-order chi connectivity index (χ1) is 52.2. The van der Waals surface area contributed by atoms with E-state index < -0.39 is 0 Å². The maximum Gasteiger partial charge on any atom is 0.0327 e. The van der Waals surface area contributed by atoms with Crippen molar-refractivity contribution in [2.24, 2.45) is 76.1 Å². The Morgan fingerprint density at radius 3 is 0.812 bits per heavy atom. The van der Waals surface area contributed by atoms with Crippen LogP contribution < -0.4 is 21.7 Å². The van der Waals surface area contributed by atoms with Crippen LogP contribution >= 0.6 is 0 Å². The lowest BCUT2D eigenvalue weighted by atomic mass is 9.89. The van der Waals surface area contributed by atoms with Crippen LogP contribution in [0.5, 0.6) is 0 Å². The highest BCUT2D eigenvalue weighted by atomic mass is 15.0. The summed E-state index contributed by atoms with van der Waals surface area (Å²) in [4.78, 5) is 2.25. The second-order valence-electron chi connectivity index (χ2n) is 48.9. The first-order valence-corrected chi connectivity index (χ1v) is 47.5. The first kappa shape index (κ1) is 140. The Bertz CT molecular complexity index is 2190. The summed E-state index contributed by atoms with van der Waals surface area (Å²) in [6.07, 6.45) is 58.8. The lowest BCUT2D eigenvalue weighted by molar-refractivity contribution is 0.333. The highest BCUT2D eigenvalue weighted by molar-refractivity contribution is 5.78. The van der Waals surface area contributed by atoms with E-state index in [9.17, 15) is 0 Å². The molecule has 6 heteroatoms. The quantitative estimate of drug-likeness (QED) is 0.0271. The van der Waals surface area contributed by atoms with Crippen LogP contribution in [-0.4, -0.2) is 71.0 Å². The molecular formula is C111H234N6. The Kier molecular flexibility index (Phi) is 94.8. The third kappa shape index (κ3) is 229. The van der Waals surface area contributed by atoms with Crippen molar-refractivity contribution >= 4 is 5.71 Å². The van der Waals surface area contributed by atoms with Gasteiger partial charge in [-0.25, -0.2) is 0 Å². The van der Waals surface area contributed by atoms with Crippen LogP contribution in [0.15, 0.2) is 97.3 Å². The zero-order valence-corrected chi connectivity index (χ0v) is 91.5. The largest absolute Gasteiger partial charge is 0.386 e. The SMILES string of the molecule is C/C=C/C(C)(C)C.C=C(C)CCCCCC(C)(C)C.C=C(C)NC/C=C/C(C)(C)C.CC(=N)CCCCCC(C)(C)C.CC(C)(C)/C=C/C(C)(C)C.CC(N)/C=C/C(C)(C)C.CC/C=C/C(C)(C)C.CC/C=C/C(C)(C)C.CCCCCC(C)(C)C.CN(C)CCCCC(C)(C)C.CNCCCCC(C)(C)C.CNCCCCC(C)(C)C. The molecule has 0 radical (unpaired) electrons. The molecule has 0 bridgehead atoms. The number of nitrogens with zero attached hydrogens (tertiary/aromatic N) is 1. The van der Waals surface area contributed by atoms with Crippen molar-refractivity contribution in [1.82, 2.24) is 20.9 Å². The number of hydrogen-bond acceptors (Lipinski definition) is 6. The van der Waals surface area contributed by atoms with E-state index in [0.717, 1.165) is 50.3 Å². The number of nitrogens with two attached hydrogens (primary N) is 1. The van der Waals surface area contributed by atoms with Gasteiger partial charge in [0.15, 0.2) is 0 Å². The molecule has 0 spiro atoms. The topological polar surface area (TPSA) is 89.2 Å². The van der Waals surface area contributed by atoms with Crippen molar-refractivity contribution in [3.63, 3.8) is 0 Å². The summed E-state index contributed by atoms with van der Waals surface area (Å²) < 4.78 is 0. The fourth-order valence-corrected chi connectivity index (χ4v) is 9.41. The zero-order valence-electron chi connectivity index (χ0n) is 91.5. The van der Waals surface area contributed by atoms with E-state index in [-0.39, 0.29) is 16.9 Å². The van der Waals surface area contributed by atoms with E-state index >= 15 is 0 Å². The molecule has 0 aliphatic carbocycles. The fourth-order valence-electron chi connectivity index (χ4n) is 9.41. The number of unbranched alkanes of at least 4 members (excludes halogenated alkanes) is 9. The van der Waals surface area contributed by atoms with Crippen LogP contribution in [0.3, 0.4) is 0 Å². The van der Waals surface area contributed by atoms with Gasteiger partial charge in [-0.15, -0.1) is 6.58 Å². The molecule has 0 aliphatic heterocycles. The maximum absolute atomic E-state index is 7.25. The molecule has 0 aromatic heterocycles. The normalized spacial score (nSPS) is 12.8. The Labute approximate surface area is 747 Å². The van der Waals surface area contributed by atoms with Gasteiger partial charge in [0.05, 0.1) is 0 Å². The Morgan fingerprint density at radius 2 is 0.624 bits per heavy atom. The molecule has 0 aromatic carbocycles. The van der Waals surface area contributed by atoms with Gasteiger partial charge in [0, 0.05) is 24.0 Å². The van der Waals surface area contributed by atoms with Crippen molar-refractivity contribution in [3.8, 4) is 0 Å². The molecule has 1 atom stereocenters. The molecule has 0 aliphatic rings. The molecule has 117 heavy (non-hydrogen) atoms. The van der Waals surface area contributed by atoms with E-state index in [1.807, 2.05) is 47.9 Å². The van der Waals surface area contributed by atoms with Gasteiger partial charge >= 0.3 is 0 Å². The molecule has 708 valence electrons. The Balaban J connectivity index is -0.000000103. The van der Waals surface area contributed by atoms with E-state index in [0.29, 0.717) is 59.6 Å². The highest BCUT2D eigenvalue weighted by Gasteiger charge is 2.14. The summed E-state index contributed by atoms with van der Waals surface area (Å²) in [5.74, 6) is 0. The minimum atomic E-state index is 0.184. The van der Waals surface area contributed by atoms with Gasteiger partial charge in [0.25, 0.3) is 0 Å². The van der Waals surface area contributed by atoms with Crippen LogP contribution in [0.25, 0.3) is 0 Å². The molecular weight excluding hydrogens is 1420 g/mol. The fraction of sp³-hybridized carbons (Fsp3) is 0.847. The average Bonchev–Trinajstić information content (AvgIpc) is 0.935. The highest BCUT2D eigenvalue weighted by Crippen LogP contribution is 2.28. The minimum Gasteiger partial charge on any atom is -0.386 e. The summed E-state index contributed by atoms with van der Waals surface area (Å²) in [6, 6.07) is 0.184. The standard InChI is InChI=1S/C12H24.C11H23N.C10H23N.C10H19N.C10H20.2C9H21N.C9H20.C8H17N.2C8H16.C7H14/c1-11(2)9-7-6-8-10-12(3,4)5;1-10(12)8-6-5-7-9-11(2,3)4;1-10(2,3)8-6-7-9-11(4)5;1-9(2)11-8-6-7-10(3,4)5;1-9(2,3)7-8-10(4,5)6;2*1-9(2,3)7-5-6-8-10-4;1-5-6-7-8-9(2,3)4;1-7(9)5-6-8(2,3)4;2*1-5-6-7-8(2,3)4;1-5-6-7(2,3)4/h1,6-10H2,2-5H3;12H,5-9H2,1-4H3;6-9H2,1-5H3;6-7,11H,1,8H2,2-5H3;7-8H,1-6H3;2*10H,5-8H2,1-4H3;5-8H2,1-4H3;5-7H,9H2,1-4H3;2*6-7H,5H2,1-4H3;5-6H,1-4H3/b;;;7-6+;8-7+;;;;6-5+;2*7-6+;6-5+.